The van der Waals surface area contributed by atoms with Crippen LogP contribution in [0.2, 0.25) is 0 Å². The van der Waals surface area contributed by atoms with Gasteiger partial charge in [-0.2, -0.15) is 0 Å². The van der Waals surface area contributed by atoms with E-state index >= 15 is 0 Å². The van der Waals surface area contributed by atoms with E-state index in [1.807, 2.05) is 6.92 Å². The SMILES string of the molecule is CCC(N)c1cc(F)c(I)cc1F. The zero-order chi connectivity index (χ0) is 10.0. The van der Waals surface area contributed by atoms with E-state index < -0.39 is 17.7 Å². The molecule has 1 nitrogen and oxygen atoms in total. The van der Waals surface area contributed by atoms with Gasteiger partial charge in [0.1, 0.15) is 11.6 Å². The Hall–Kier alpha value is -0.230. The van der Waals surface area contributed by atoms with E-state index in [1.165, 1.54) is 12.1 Å². The predicted octanol–water partition coefficient (Wildman–Crippen LogP) is 2.98. The standard InChI is InChI=1S/C9H10F2IN/c1-2-9(13)5-3-7(11)8(12)4-6(5)10/h3-4,9H,2,13H2,1H3. The van der Waals surface area contributed by atoms with Crippen molar-refractivity contribution in [2.75, 3.05) is 0 Å². The minimum atomic E-state index is -0.430. The van der Waals surface area contributed by atoms with Crippen LogP contribution in [0.25, 0.3) is 0 Å². The van der Waals surface area contributed by atoms with Gasteiger partial charge in [0.05, 0.1) is 3.57 Å². The van der Waals surface area contributed by atoms with Gasteiger partial charge in [-0.15, -0.1) is 0 Å². The number of benzene rings is 1. The van der Waals surface area contributed by atoms with Gasteiger partial charge in [0.15, 0.2) is 0 Å². The van der Waals surface area contributed by atoms with Crippen LogP contribution in [0.4, 0.5) is 8.78 Å². The Morgan fingerprint density at radius 1 is 1.38 bits per heavy atom. The van der Waals surface area contributed by atoms with Crippen molar-refractivity contribution >= 4 is 22.6 Å². The second kappa shape index (κ2) is 4.32. The zero-order valence-corrected chi connectivity index (χ0v) is 9.31. The van der Waals surface area contributed by atoms with Crippen molar-refractivity contribution in [1.29, 1.82) is 0 Å². The van der Waals surface area contributed by atoms with Crippen LogP contribution in [0.15, 0.2) is 12.1 Å². The average molecular weight is 297 g/mol. The Morgan fingerprint density at radius 3 is 2.54 bits per heavy atom. The summed E-state index contributed by atoms with van der Waals surface area (Å²) in [5.74, 6) is -0.846. The molecule has 0 saturated carbocycles. The van der Waals surface area contributed by atoms with Crippen molar-refractivity contribution in [3.8, 4) is 0 Å². The van der Waals surface area contributed by atoms with Gasteiger partial charge in [-0.05, 0) is 41.1 Å². The molecule has 1 aromatic carbocycles. The van der Waals surface area contributed by atoms with Gasteiger partial charge in [0.25, 0.3) is 0 Å². The number of hydrogen-bond acceptors (Lipinski definition) is 1. The molecule has 0 aliphatic heterocycles. The molecule has 1 rings (SSSR count). The Morgan fingerprint density at radius 2 is 2.00 bits per heavy atom. The number of hydrogen-bond donors (Lipinski definition) is 1. The predicted molar refractivity (Wildman–Crippen MR) is 56.3 cm³/mol. The highest BCUT2D eigenvalue weighted by Gasteiger charge is 2.12. The molecule has 0 fully saturated rings. The quantitative estimate of drug-likeness (QED) is 0.659. The van der Waals surface area contributed by atoms with Crippen molar-refractivity contribution in [3.05, 3.63) is 32.9 Å². The third-order valence-corrected chi connectivity index (χ3v) is 2.71. The Balaban J connectivity index is 3.15. The van der Waals surface area contributed by atoms with Gasteiger partial charge >= 0.3 is 0 Å². The molecule has 0 aromatic heterocycles. The highest BCUT2D eigenvalue weighted by Crippen LogP contribution is 2.22. The summed E-state index contributed by atoms with van der Waals surface area (Å²) in [6.45, 7) is 1.83. The Kier molecular flexibility index (Phi) is 3.61. The van der Waals surface area contributed by atoms with Crippen LogP contribution >= 0.6 is 22.6 Å². The lowest BCUT2D eigenvalue weighted by molar-refractivity contribution is 0.553. The first kappa shape index (κ1) is 10.8. The van der Waals surface area contributed by atoms with E-state index in [0.29, 0.717) is 6.42 Å². The number of rotatable bonds is 2. The monoisotopic (exact) mass is 297 g/mol. The largest absolute Gasteiger partial charge is 0.324 e. The van der Waals surface area contributed by atoms with Crippen molar-refractivity contribution in [3.63, 3.8) is 0 Å². The molecular formula is C9H10F2IN. The van der Waals surface area contributed by atoms with Crippen LogP contribution in [0.5, 0.6) is 0 Å². The molecule has 4 heteroatoms. The van der Waals surface area contributed by atoms with Crippen LogP contribution in [0, 0.1) is 15.2 Å². The van der Waals surface area contributed by atoms with Gasteiger partial charge < -0.3 is 5.73 Å². The third-order valence-electron chi connectivity index (χ3n) is 1.88. The average Bonchev–Trinajstić information content (AvgIpc) is 2.10. The maximum absolute atomic E-state index is 13.2. The fourth-order valence-corrected chi connectivity index (χ4v) is 1.47. The summed E-state index contributed by atoms with van der Waals surface area (Å²) < 4.78 is 26.5. The van der Waals surface area contributed by atoms with E-state index in [-0.39, 0.29) is 9.13 Å². The van der Waals surface area contributed by atoms with Gasteiger partial charge in [0, 0.05) is 11.6 Å². The Labute approximate surface area is 89.5 Å². The van der Waals surface area contributed by atoms with Crippen LogP contribution in [0.1, 0.15) is 24.9 Å². The van der Waals surface area contributed by atoms with E-state index in [4.69, 9.17) is 5.73 Å². The molecule has 0 aliphatic rings. The summed E-state index contributed by atoms with van der Waals surface area (Å²) in [4.78, 5) is 0. The van der Waals surface area contributed by atoms with Crippen molar-refractivity contribution in [2.45, 2.75) is 19.4 Å². The molecule has 0 heterocycles. The van der Waals surface area contributed by atoms with Crippen LogP contribution in [-0.2, 0) is 0 Å². The second-order valence-corrected chi connectivity index (χ2v) is 3.96. The van der Waals surface area contributed by atoms with E-state index in [0.717, 1.165) is 0 Å². The summed E-state index contributed by atoms with van der Waals surface area (Å²) in [6.07, 6.45) is 0.594. The number of halogens is 3. The Bertz CT molecular complexity index is 315. The lowest BCUT2D eigenvalue weighted by Gasteiger charge is -2.10. The summed E-state index contributed by atoms with van der Waals surface area (Å²) >= 11 is 1.75. The van der Waals surface area contributed by atoms with E-state index in [2.05, 4.69) is 0 Å². The topological polar surface area (TPSA) is 26.0 Å². The van der Waals surface area contributed by atoms with Gasteiger partial charge in [0.2, 0.25) is 0 Å². The second-order valence-electron chi connectivity index (χ2n) is 2.80. The first-order valence-corrected chi connectivity index (χ1v) is 5.04. The van der Waals surface area contributed by atoms with Crippen molar-refractivity contribution in [1.82, 2.24) is 0 Å². The lowest BCUT2D eigenvalue weighted by atomic mass is 10.1. The molecule has 0 saturated heterocycles. The summed E-state index contributed by atoms with van der Waals surface area (Å²) in [5, 5.41) is 0. The zero-order valence-electron chi connectivity index (χ0n) is 7.15. The highest BCUT2D eigenvalue weighted by molar-refractivity contribution is 14.1. The molecule has 0 bridgehead atoms. The van der Waals surface area contributed by atoms with Crippen LogP contribution < -0.4 is 5.73 Å². The van der Waals surface area contributed by atoms with Crippen LogP contribution in [0.3, 0.4) is 0 Å². The molecule has 0 spiro atoms. The van der Waals surface area contributed by atoms with Crippen LogP contribution in [-0.4, -0.2) is 0 Å². The van der Waals surface area contributed by atoms with Crippen molar-refractivity contribution in [2.24, 2.45) is 5.73 Å². The first-order valence-electron chi connectivity index (χ1n) is 3.96. The minimum Gasteiger partial charge on any atom is -0.324 e. The van der Waals surface area contributed by atoms with E-state index in [1.54, 1.807) is 22.6 Å². The number of nitrogens with two attached hydrogens (primary N) is 1. The van der Waals surface area contributed by atoms with E-state index in [9.17, 15) is 8.78 Å². The lowest BCUT2D eigenvalue weighted by Crippen LogP contribution is -2.11. The molecule has 2 N–H and O–H groups in total. The molecule has 1 atom stereocenters. The highest BCUT2D eigenvalue weighted by atomic mass is 127. The molecule has 72 valence electrons. The maximum atomic E-state index is 13.2. The molecule has 1 unspecified atom stereocenters. The maximum Gasteiger partial charge on any atom is 0.137 e. The fourth-order valence-electron chi connectivity index (χ4n) is 1.04. The summed E-state index contributed by atoms with van der Waals surface area (Å²) in [7, 11) is 0. The third kappa shape index (κ3) is 2.37. The molecule has 13 heavy (non-hydrogen) atoms. The first-order chi connectivity index (χ1) is 6.06. The molecular weight excluding hydrogens is 287 g/mol. The minimum absolute atomic E-state index is 0.250. The van der Waals surface area contributed by atoms with Gasteiger partial charge in [-0.3, -0.25) is 0 Å². The molecule has 0 radical (unpaired) electrons. The smallest absolute Gasteiger partial charge is 0.137 e. The van der Waals surface area contributed by atoms with Crippen molar-refractivity contribution < 1.29 is 8.78 Å². The normalized spacial score (nSPS) is 13.0. The molecule has 0 aliphatic carbocycles. The molecule has 0 amide bonds. The summed E-state index contributed by atoms with van der Waals surface area (Å²) in [6, 6.07) is 1.91. The summed E-state index contributed by atoms with van der Waals surface area (Å²) in [5.41, 5.74) is 5.86. The van der Waals surface area contributed by atoms with Gasteiger partial charge in [-0.25, -0.2) is 8.78 Å². The molecule has 1 aromatic rings. The van der Waals surface area contributed by atoms with Gasteiger partial charge in [-0.1, -0.05) is 6.92 Å². The fraction of sp³-hybridized carbons (Fsp3) is 0.333.